The minimum atomic E-state index is -0.319. The second kappa shape index (κ2) is 6.86. The van der Waals surface area contributed by atoms with E-state index in [2.05, 4.69) is 5.10 Å². The van der Waals surface area contributed by atoms with Crippen LogP contribution < -0.4 is 5.73 Å². The number of carbonyl (C=O) groups is 1. The Labute approximate surface area is 119 Å². The largest absolute Gasteiger partial charge is 0.335 e. The number of carbonyl (C=O) groups excluding carboxylic acids is 1. The van der Waals surface area contributed by atoms with Gasteiger partial charge in [-0.15, -0.1) is 0 Å². The lowest BCUT2D eigenvalue weighted by atomic mass is 10.2. The van der Waals surface area contributed by atoms with Crippen molar-refractivity contribution in [2.24, 2.45) is 5.73 Å². The van der Waals surface area contributed by atoms with Crippen molar-refractivity contribution in [2.75, 3.05) is 13.1 Å². The molecule has 0 aliphatic heterocycles. The van der Waals surface area contributed by atoms with Crippen molar-refractivity contribution in [1.29, 1.82) is 0 Å². The average molecular weight is 272 g/mol. The van der Waals surface area contributed by atoms with E-state index in [0.29, 0.717) is 19.6 Å². The van der Waals surface area contributed by atoms with Gasteiger partial charge in [0, 0.05) is 32.0 Å². The summed E-state index contributed by atoms with van der Waals surface area (Å²) in [7, 11) is 0. The third-order valence-electron chi connectivity index (χ3n) is 3.21. The summed E-state index contributed by atoms with van der Waals surface area (Å²) in [6, 6.07) is 11.4. The van der Waals surface area contributed by atoms with Crippen LogP contribution in [0.15, 0.2) is 48.8 Å². The van der Waals surface area contributed by atoms with Gasteiger partial charge in [-0.2, -0.15) is 5.10 Å². The van der Waals surface area contributed by atoms with Crippen LogP contribution in [-0.4, -0.2) is 33.7 Å². The molecule has 1 amide bonds. The standard InChI is InChI=1S/C15H20N4O/c1-13(19-10-5-9-17-19)15(20)18(11-8-16)12-14-6-3-2-4-7-14/h2-7,9-10,13H,8,11-12,16H2,1H3. The highest BCUT2D eigenvalue weighted by molar-refractivity contribution is 5.80. The van der Waals surface area contributed by atoms with Gasteiger partial charge in [0.05, 0.1) is 0 Å². The second-order valence-corrected chi connectivity index (χ2v) is 4.70. The first-order valence-electron chi connectivity index (χ1n) is 6.74. The normalized spacial score (nSPS) is 12.1. The zero-order valence-electron chi connectivity index (χ0n) is 11.6. The lowest BCUT2D eigenvalue weighted by molar-refractivity contribution is -0.135. The molecule has 20 heavy (non-hydrogen) atoms. The summed E-state index contributed by atoms with van der Waals surface area (Å²) in [5, 5.41) is 4.12. The molecule has 0 saturated heterocycles. The van der Waals surface area contributed by atoms with Crippen molar-refractivity contribution in [3.05, 3.63) is 54.4 Å². The maximum absolute atomic E-state index is 12.5. The zero-order chi connectivity index (χ0) is 14.4. The van der Waals surface area contributed by atoms with E-state index in [0.717, 1.165) is 5.56 Å². The molecule has 1 aromatic heterocycles. The first kappa shape index (κ1) is 14.3. The summed E-state index contributed by atoms with van der Waals surface area (Å²) in [5.74, 6) is 0.0306. The summed E-state index contributed by atoms with van der Waals surface area (Å²) in [6.07, 6.45) is 3.47. The Kier molecular flexibility index (Phi) is 4.90. The highest BCUT2D eigenvalue weighted by Crippen LogP contribution is 2.12. The van der Waals surface area contributed by atoms with Gasteiger partial charge in [0.1, 0.15) is 6.04 Å². The Bertz CT molecular complexity index is 524. The van der Waals surface area contributed by atoms with Crippen molar-refractivity contribution in [1.82, 2.24) is 14.7 Å². The van der Waals surface area contributed by atoms with E-state index in [1.165, 1.54) is 0 Å². The van der Waals surface area contributed by atoms with Gasteiger partial charge in [-0.25, -0.2) is 0 Å². The fourth-order valence-electron chi connectivity index (χ4n) is 2.11. The number of benzene rings is 1. The molecule has 0 spiro atoms. The van der Waals surface area contributed by atoms with Gasteiger partial charge in [0.2, 0.25) is 5.91 Å². The van der Waals surface area contributed by atoms with Crippen molar-refractivity contribution >= 4 is 5.91 Å². The third kappa shape index (κ3) is 3.45. The maximum Gasteiger partial charge on any atom is 0.247 e. The van der Waals surface area contributed by atoms with Crippen LogP contribution in [0.3, 0.4) is 0 Å². The van der Waals surface area contributed by atoms with Gasteiger partial charge >= 0.3 is 0 Å². The maximum atomic E-state index is 12.5. The average Bonchev–Trinajstić information content (AvgIpc) is 3.00. The Balaban J connectivity index is 2.09. The van der Waals surface area contributed by atoms with Crippen LogP contribution in [0.1, 0.15) is 18.5 Å². The predicted octanol–water partition coefficient (Wildman–Crippen LogP) is 1.43. The topological polar surface area (TPSA) is 64.2 Å². The Morgan fingerprint density at radius 3 is 2.70 bits per heavy atom. The summed E-state index contributed by atoms with van der Waals surface area (Å²) in [4.78, 5) is 14.3. The van der Waals surface area contributed by atoms with E-state index in [4.69, 9.17) is 5.73 Å². The number of hydrogen-bond acceptors (Lipinski definition) is 3. The van der Waals surface area contributed by atoms with Gasteiger partial charge in [-0.1, -0.05) is 30.3 Å². The molecular weight excluding hydrogens is 252 g/mol. The Morgan fingerprint density at radius 1 is 1.35 bits per heavy atom. The molecule has 2 rings (SSSR count). The molecule has 2 N–H and O–H groups in total. The zero-order valence-corrected chi connectivity index (χ0v) is 11.6. The quantitative estimate of drug-likeness (QED) is 0.865. The summed E-state index contributed by atoms with van der Waals surface area (Å²) < 4.78 is 1.66. The molecule has 1 heterocycles. The minimum absolute atomic E-state index is 0.0306. The van der Waals surface area contributed by atoms with Gasteiger partial charge in [0.25, 0.3) is 0 Å². The number of hydrogen-bond donors (Lipinski definition) is 1. The lowest BCUT2D eigenvalue weighted by Gasteiger charge is -2.25. The summed E-state index contributed by atoms with van der Waals surface area (Å²) in [5.41, 5.74) is 6.72. The first-order chi connectivity index (χ1) is 9.72. The molecule has 0 bridgehead atoms. The van der Waals surface area contributed by atoms with Gasteiger partial charge in [0.15, 0.2) is 0 Å². The number of nitrogens with zero attached hydrogens (tertiary/aromatic N) is 3. The fraction of sp³-hybridized carbons (Fsp3) is 0.333. The van der Waals surface area contributed by atoms with Crippen molar-refractivity contribution < 1.29 is 4.79 Å². The van der Waals surface area contributed by atoms with Crippen molar-refractivity contribution in [3.8, 4) is 0 Å². The number of rotatable bonds is 6. The summed E-state index contributed by atoms with van der Waals surface area (Å²) in [6.45, 7) is 3.41. The molecule has 0 saturated carbocycles. The van der Waals surface area contributed by atoms with Crippen molar-refractivity contribution in [3.63, 3.8) is 0 Å². The van der Waals surface area contributed by atoms with Crippen LogP contribution in [0.25, 0.3) is 0 Å². The molecule has 0 fully saturated rings. The second-order valence-electron chi connectivity index (χ2n) is 4.70. The van der Waals surface area contributed by atoms with Crippen LogP contribution in [0.4, 0.5) is 0 Å². The summed E-state index contributed by atoms with van der Waals surface area (Å²) >= 11 is 0. The number of aromatic nitrogens is 2. The highest BCUT2D eigenvalue weighted by atomic mass is 16.2. The van der Waals surface area contributed by atoms with Gasteiger partial charge in [-0.3, -0.25) is 9.48 Å². The van der Waals surface area contributed by atoms with Crippen LogP contribution in [0.5, 0.6) is 0 Å². The highest BCUT2D eigenvalue weighted by Gasteiger charge is 2.21. The molecule has 1 aromatic carbocycles. The molecule has 1 unspecified atom stereocenters. The van der Waals surface area contributed by atoms with Crippen molar-refractivity contribution in [2.45, 2.75) is 19.5 Å². The smallest absolute Gasteiger partial charge is 0.247 e. The Hall–Kier alpha value is -2.14. The molecule has 106 valence electrons. The molecule has 0 aliphatic rings. The monoisotopic (exact) mass is 272 g/mol. The third-order valence-corrected chi connectivity index (χ3v) is 3.21. The number of nitrogens with two attached hydrogens (primary N) is 1. The molecule has 1 atom stereocenters. The van der Waals surface area contributed by atoms with Crippen LogP contribution in [0, 0.1) is 0 Å². The molecule has 5 nitrogen and oxygen atoms in total. The SMILES string of the molecule is CC(C(=O)N(CCN)Cc1ccccc1)n1cccn1. The Morgan fingerprint density at radius 2 is 2.10 bits per heavy atom. The first-order valence-corrected chi connectivity index (χ1v) is 6.74. The van der Waals surface area contributed by atoms with Crippen LogP contribution in [0.2, 0.25) is 0 Å². The molecular formula is C15H20N4O. The molecule has 0 aliphatic carbocycles. The van der Waals surface area contributed by atoms with Crippen LogP contribution in [-0.2, 0) is 11.3 Å². The van der Waals surface area contributed by atoms with E-state index < -0.39 is 0 Å². The fourth-order valence-corrected chi connectivity index (χ4v) is 2.11. The van der Waals surface area contributed by atoms with Crippen LogP contribution >= 0.6 is 0 Å². The number of amides is 1. The van der Waals surface area contributed by atoms with E-state index in [1.54, 1.807) is 22.0 Å². The predicted molar refractivity (Wildman–Crippen MR) is 77.9 cm³/mol. The molecule has 5 heteroatoms. The van der Waals surface area contributed by atoms with Gasteiger partial charge in [-0.05, 0) is 18.6 Å². The molecule has 0 radical (unpaired) electrons. The van der Waals surface area contributed by atoms with Gasteiger partial charge < -0.3 is 10.6 Å². The lowest BCUT2D eigenvalue weighted by Crippen LogP contribution is -2.39. The van der Waals surface area contributed by atoms with E-state index in [-0.39, 0.29) is 11.9 Å². The molecule has 2 aromatic rings. The van der Waals surface area contributed by atoms with E-state index in [9.17, 15) is 4.79 Å². The minimum Gasteiger partial charge on any atom is -0.335 e. The van der Waals surface area contributed by atoms with E-state index in [1.807, 2.05) is 43.3 Å². The van der Waals surface area contributed by atoms with E-state index >= 15 is 0 Å².